The number of amides is 1. The van der Waals surface area contributed by atoms with E-state index in [0.29, 0.717) is 5.76 Å². The summed E-state index contributed by atoms with van der Waals surface area (Å²) in [5.41, 5.74) is 0. The van der Waals surface area contributed by atoms with E-state index in [4.69, 9.17) is 4.42 Å². The number of nitrogens with one attached hydrogen (secondary N) is 1. The van der Waals surface area contributed by atoms with Gasteiger partial charge in [0.15, 0.2) is 5.76 Å². The monoisotopic (exact) mass is 235 g/mol. The van der Waals surface area contributed by atoms with Crippen LogP contribution in [-0.4, -0.2) is 5.91 Å². The fraction of sp³-hybridized carbons (Fsp3) is 0.250. The number of aryl methyl sites for hydroxylation is 1. The van der Waals surface area contributed by atoms with E-state index in [1.54, 1.807) is 23.5 Å². The highest BCUT2D eigenvalue weighted by molar-refractivity contribution is 7.10. The average molecular weight is 235 g/mol. The first-order valence-corrected chi connectivity index (χ1v) is 5.95. The van der Waals surface area contributed by atoms with Crippen LogP contribution in [-0.2, 0) is 0 Å². The molecule has 0 saturated carbocycles. The van der Waals surface area contributed by atoms with Crippen LogP contribution in [0.2, 0.25) is 0 Å². The van der Waals surface area contributed by atoms with Crippen molar-refractivity contribution in [1.29, 1.82) is 0 Å². The van der Waals surface area contributed by atoms with Gasteiger partial charge in [-0.15, -0.1) is 11.3 Å². The van der Waals surface area contributed by atoms with Crippen LogP contribution in [0, 0.1) is 6.92 Å². The largest absolute Gasteiger partial charge is 0.456 e. The van der Waals surface area contributed by atoms with Gasteiger partial charge in [0.2, 0.25) is 0 Å². The Kier molecular flexibility index (Phi) is 3.10. The van der Waals surface area contributed by atoms with E-state index in [9.17, 15) is 4.79 Å². The number of hydrogen-bond donors (Lipinski definition) is 1. The molecule has 1 N–H and O–H groups in total. The lowest BCUT2D eigenvalue weighted by Crippen LogP contribution is -2.25. The zero-order valence-electron chi connectivity index (χ0n) is 9.19. The van der Waals surface area contributed by atoms with Crippen LogP contribution in [0.1, 0.15) is 34.2 Å². The summed E-state index contributed by atoms with van der Waals surface area (Å²) in [5, 5.41) is 4.88. The van der Waals surface area contributed by atoms with Crippen LogP contribution in [0.25, 0.3) is 0 Å². The summed E-state index contributed by atoms with van der Waals surface area (Å²) in [5.74, 6) is 0.934. The first-order chi connectivity index (χ1) is 7.66. The maximum atomic E-state index is 11.8. The van der Waals surface area contributed by atoms with Gasteiger partial charge in [0, 0.05) is 4.88 Å². The Morgan fingerprint density at radius 1 is 1.44 bits per heavy atom. The highest BCUT2D eigenvalue weighted by Gasteiger charge is 2.14. The summed E-state index contributed by atoms with van der Waals surface area (Å²) < 4.78 is 5.25. The smallest absolute Gasteiger partial charge is 0.287 e. The molecule has 1 atom stereocenters. The Balaban J connectivity index is 2.03. The summed E-state index contributed by atoms with van der Waals surface area (Å²) in [6, 6.07) is 7.46. The van der Waals surface area contributed by atoms with Crippen LogP contribution in [0.5, 0.6) is 0 Å². The molecule has 0 aliphatic carbocycles. The lowest BCUT2D eigenvalue weighted by atomic mass is 10.2. The molecule has 2 heterocycles. The molecule has 0 radical (unpaired) electrons. The van der Waals surface area contributed by atoms with Gasteiger partial charge in [0.1, 0.15) is 5.76 Å². The molecule has 1 amide bonds. The predicted octanol–water partition coefficient (Wildman–Crippen LogP) is 3.14. The molecule has 2 aromatic heterocycles. The Morgan fingerprint density at radius 2 is 2.25 bits per heavy atom. The summed E-state index contributed by atoms with van der Waals surface area (Å²) in [7, 11) is 0. The van der Waals surface area contributed by atoms with Crippen molar-refractivity contribution < 1.29 is 9.21 Å². The number of furan rings is 1. The second kappa shape index (κ2) is 4.53. The molecule has 0 saturated heterocycles. The van der Waals surface area contributed by atoms with Crippen molar-refractivity contribution in [2.24, 2.45) is 0 Å². The molecular weight excluding hydrogens is 222 g/mol. The predicted molar refractivity (Wildman–Crippen MR) is 63.6 cm³/mol. The van der Waals surface area contributed by atoms with E-state index in [-0.39, 0.29) is 11.9 Å². The molecule has 0 unspecified atom stereocenters. The van der Waals surface area contributed by atoms with Gasteiger partial charge < -0.3 is 9.73 Å². The molecule has 0 aliphatic heterocycles. The number of thiophene rings is 1. The second-order valence-electron chi connectivity index (χ2n) is 3.62. The van der Waals surface area contributed by atoms with Gasteiger partial charge in [-0.25, -0.2) is 0 Å². The molecule has 3 nitrogen and oxygen atoms in total. The average Bonchev–Trinajstić information content (AvgIpc) is 2.87. The van der Waals surface area contributed by atoms with E-state index in [0.717, 1.165) is 10.6 Å². The lowest BCUT2D eigenvalue weighted by molar-refractivity contribution is 0.0911. The maximum absolute atomic E-state index is 11.8. The van der Waals surface area contributed by atoms with Crippen LogP contribution < -0.4 is 5.32 Å². The molecule has 0 aliphatic rings. The van der Waals surface area contributed by atoms with Gasteiger partial charge >= 0.3 is 0 Å². The normalized spacial score (nSPS) is 12.4. The number of rotatable bonds is 3. The highest BCUT2D eigenvalue weighted by Crippen LogP contribution is 2.18. The van der Waals surface area contributed by atoms with E-state index < -0.39 is 0 Å². The van der Waals surface area contributed by atoms with Crippen molar-refractivity contribution >= 4 is 17.2 Å². The Morgan fingerprint density at radius 3 is 2.81 bits per heavy atom. The minimum atomic E-state index is -0.172. The highest BCUT2D eigenvalue weighted by atomic mass is 32.1. The molecule has 0 spiro atoms. The summed E-state index contributed by atoms with van der Waals surface area (Å²) >= 11 is 1.63. The molecule has 4 heteroatoms. The summed E-state index contributed by atoms with van der Waals surface area (Å²) in [6.07, 6.45) is 0. The molecule has 2 rings (SSSR count). The lowest BCUT2D eigenvalue weighted by Gasteiger charge is -2.10. The van der Waals surface area contributed by atoms with Crippen molar-refractivity contribution in [3.05, 3.63) is 46.0 Å². The maximum Gasteiger partial charge on any atom is 0.287 e. The van der Waals surface area contributed by atoms with Gasteiger partial charge in [0.25, 0.3) is 5.91 Å². The number of carbonyl (C=O) groups excluding carboxylic acids is 1. The van der Waals surface area contributed by atoms with Crippen molar-refractivity contribution in [1.82, 2.24) is 5.32 Å². The fourth-order valence-electron chi connectivity index (χ4n) is 1.43. The van der Waals surface area contributed by atoms with Gasteiger partial charge in [-0.2, -0.15) is 0 Å². The minimum Gasteiger partial charge on any atom is -0.456 e. The second-order valence-corrected chi connectivity index (χ2v) is 4.60. The molecular formula is C12H13NO2S. The Labute approximate surface area is 98.1 Å². The van der Waals surface area contributed by atoms with Crippen molar-refractivity contribution in [3.63, 3.8) is 0 Å². The van der Waals surface area contributed by atoms with Crippen molar-refractivity contribution in [2.75, 3.05) is 0 Å². The van der Waals surface area contributed by atoms with Gasteiger partial charge in [0.05, 0.1) is 6.04 Å². The van der Waals surface area contributed by atoms with E-state index in [1.165, 1.54) is 0 Å². The number of hydrogen-bond acceptors (Lipinski definition) is 3. The topological polar surface area (TPSA) is 42.2 Å². The van der Waals surface area contributed by atoms with E-state index >= 15 is 0 Å². The molecule has 84 valence electrons. The molecule has 0 bridgehead atoms. The zero-order valence-corrected chi connectivity index (χ0v) is 10.0. The Hall–Kier alpha value is -1.55. The van der Waals surface area contributed by atoms with Gasteiger partial charge in [-0.05, 0) is 37.4 Å². The molecule has 0 fully saturated rings. The van der Waals surface area contributed by atoms with E-state index in [1.807, 2.05) is 31.4 Å². The van der Waals surface area contributed by atoms with Gasteiger partial charge in [-0.1, -0.05) is 6.07 Å². The van der Waals surface area contributed by atoms with Crippen molar-refractivity contribution in [3.8, 4) is 0 Å². The third-order valence-electron chi connectivity index (χ3n) is 2.28. The minimum absolute atomic E-state index is 0.0120. The van der Waals surface area contributed by atoms with Crippen LogP contribution in [0.15, 0.2) is 34.1 Å². The van der Waals surface area contributed by atoms with Crippen molar-refractivity contribution in [2.45, 2.75) is 19.9 Å². The first-order valence-electron chi connectivity index (χ1n) is 5.07. The third-order valence-corrected chi connectivity index (χ3v) is 3.34. The zero-order chi connectivity index (χ0) is 11.5. The quantitative estimate of drug-likeness (QED) is 0.888. The van der Waals surface area contributed by atoms with Crippen LogP contribution >= 0.6 is 11.3 Å². The van der Waals surface area contributed by atoms with E-state index in [2.05, 4.69) is 5.32 Å². The Bertz CT molecular complexity index is 473. The summed E-state index contributed by atoms with van der Waals surface area (Å²) in [6.45, 7) is 3.78. The third kappa shape index (κ3) is 2.33. The SMILES string of the molecule is Cc1ccc(C(=O)N[C@@H](C)c2cccs2)o1. The van der Waals surface area contributed by atoms with Crippen LogP contribution in [0.4, 0.5) is 0 Å². The van der Waals surface area contributed by atoms with Gasteiger partial charge in [-0.3, -0.25) is 4.79 Å². The van der Waals surface area contributed by atoms with Crippen LogP contribution in [0.3, 0.4) is 0 Å². The first kappa shape index (κ1) is 11.0. The standard InChI is InChI=1S/C12H13NO2S/c1-8-5-6-10(15-8)12(14)13-9(2)11-4-3-7-16-11/h3-7,9H,1-2H3,(H,13,14)/t9-/m0/s1. The number of carbonyl (C=O) groups is 1. The summed E-state index contributed by atoms with van der Waals surface area (Å²) in [4.78, 5) is 12.9. The molecule has 16 heavy (non-hydrogen) atoms. The molecule has 2 aromatic rings. The fourth-order valence-corrected chi connectivity index (χ4v) is 2.17. The molecule has 0 aromatic carbocycles.